The van der Waals surface area contributed by atoms with Crippen LogP contribution >= 0.6 is 0 Å². The van der Waals surface area contributed by atoms with Gasteiger partial charge in [0.1, 0.15) is 6.54 Å². The van der Waals surface area contributed by atoms with Crippen molar-refractivity contribution in [1.82, 2.24) is 5.32 Å². The summed E-state index contributed by atoms with van der Waals surface area (Å²) in [6, 6.07) is 8.57. The number of nitrogens with zero attached hydrogens (tertiary/aromatic N) is 1. The van der Waals surface area contributed by atoms with Crippen LogP contribution in [0.1, 0.15) is 0 Å². The highest BCUT2D eigenvalue weighted by molar-refractivity contribution is 6.16. The van der Waals surface area contributed by atoms with E-state index in [4.69, 9.17) is 0 Å². The van der Waals surface area contributed by atoms with Crippen molar-refractivity contribution in [2.75, 3.05) is 4.90 Å². The molecule has 13 heavy (non-hydrogen) atoms. The number of hydrogen-bond acceptors (Lipinski definition) is 2. The smallest absolute Gasteiger partial charge is 0.279 e. The van der Waals surface area contributed by atoms with Crippen molar-refractivity contribution in [3.8, 4) is 0 Å². The first-order valence-corrected chi connectivity index (χ1v) is 3.81. The number of anilines is 1. The molecule has 65 valence electrons. The summed E-state index contributed by atoms with van der Waals surface area (Å²) in [5.41, 5.74) is 0.686. The molecule has 0 atom stereocenters. The number of benzene rings is 1. The molecular formula is C9H7N2O2. The molecular weight excluding hydrogens is 168 g/mol. The predicted octanol–water partition coefficient (Wildman–Crippen LogP) is 0.905. The molecule has 0 aliphatic carbocycles. The molecule has 0 unspecified atom stereocenters. The van der Waals surface area contributed by atoms with Crippen LogP contribution in [-0.4, -0.2) is 11.9 Å². The SMILES string of the molecule is O=C1[CH]N(c2ccccc2)C(=O)N1. The minimum Gasteiger partial charge on any atom is -0.279 e. The third-order valence-corrected chi connectivity index (χ3v) is 1.73. The van der Waals surface area contributed by atoms with Gasteiger partial charge in [0.25, 0.3) is 5.91 Å². The second kappa shape index (κ2) is 2.90. The van der Waals surface area contributed by atoms with Crippen LogP contribution in [0, 0.1) is 6.54 Å². The lowest BCUT2D eigenvalue weighted by molar-refractivity contribution is -0.115. The van der Waals surface area contributed by atoms with Crippen molar-refractivity contribution in [3.05, 3.63) is 36.9 Å². The maximum absolute atomic E-state index is 11.1. The van der Waals surface area contributed by atoms with E-state index in [1.165, 1.54) is 11.4 Å². The Morgan fingerprint density at radius 2 is 1.77 bits per heavy atom. The summed E-state index contributed by atoms with van der Waals surface area (Å²) in [4.78, 5) is 23.2. The van der Waals surface area contributed by atoms with Gasteiger partial charge in [-0.3, -0.25) is 15.0 Å². The van der Waals surface area contributed by atoms with Gasteiger partial charge in [0, 0.05) is 5.69 Å². The average molecular weight is 175 g/mol. The summed E-state index contributed by atoms with van der Waals surface area (Å²) in [7, 11) is 0. The number of amides is 3. The highest BCUT2D eigenvalue weighted by Gasteiger charge is 2.28. The average Bonchev–Trinajstić information content (AvgIpc) is 2.47. The van der Waals surface area contributed by atoms with Gasteiger partial charge in [0.15, 0.2) is 0 Å². The first-order chi connectivity index (χ1) is 6.27. The number of imide groups is 1. The van der Waals surface area contributed by atoms with Gasteiger partial charge < -0.3 is 0 Å². The molecule has 1 aromatic rings. The molecule has 1 aromatic carbocycles. The molecule has 1 fully saturated rings. The van der Waals surface area contributed by atoms with Gasteiger partial charge in [-0.05, 0) is 12.1 Å². The number of hydrogen-bond donors (Lipinski definition) is 1. The molecule has 1 aliphatic rings. The van der Waals surface area contributed by atoms with Crippen LogP contribution < -0.4 is 10.2 Å². The van der Waals surface area contributed by atoms with Gasteiger partial charge >= 0.3 is 6.03 Å². The normalized spacial score (nSPS) is 16.2. The summed E-state index contributed by atoms with van der Waals surface area (Å²) < 4.78 is 0. The Morgan fingerprint density at radius 1 is 1.08 bits per heavy atom. The first kappa shape index (κ1) is 7.79. The molecule has 2 rings (SSSR count). The third-order valence-electron chi connectivity index (χ3n) is 1.73. The van der Waals surface area contributed by atoms with Crippen molar-refractivity contribution >= 4 is 17.6 Å². The first-order valence-electron chi connectivity index (χ1n) is 3.81. The number of carbonyl (C=O) groups is 2. The molecule has 4 nitrogen and oxygen atoms in total. The third kappa shape index (κ3) is 1.38. The van der Waals surface area contributed by atoms with Gasteiger partial charge in [-0.25, -0.2) is 4.79 Å². The zero-order valence-electron chi connectivity index (χ0n) is 6.73. The second-order valence-electron chi connectivity index (χ2n) is 2.63. The fourth-order valence-electron chi connectivity index (χ4n) is 1.15. The van der Waals surface area contributed by atoms with Crippen LogP contribution in [0.4, 0.5) is 10.5 Å². The van der Waals surface area contributed by atoms with Crippen molar-refractivity contribution in [2.45, 2.75) is 0 Å². The molecule has 1 radical (unpaired) electrons. The van der Waals surface area contributed by atoms with Crippen molar-refractivity contribution in [2.24, 2.45) is 0 Å². The number of rotatable bonds is 1. The minimum atomic E-state index is -0.406. The number of urea groups is 1. The summed E-state index contributed by atoms with van der Waals surface area (Å²) in [5.74, 6) is -0.381. The summed E-state index contributed by atoms with van der Waals surface area (Å²) in [5, 5.41) is 2.16. The zero-order chi connectivity index (χ0) is 9.26. The van der Waals surface area contributed by atoms with Crippen LogP contribution in [-0.2, 0) is 4.79 Å². The van der Waals surface area contributed by atoms with Crippen LogP contribution in [0.3, 0.4) is 0 Å². The molecule has 0 spiro atoms. The van der Waals surface area contributed by atoms with Gasteiger partial charge in [-0.2, -0.15) is 0 Å². The van der Waals surface area contributed by atoms with Crippen LogP contribution in [0.5, 0.6) is 0 Å². The van der Waals surface area contributed by atoms with Gasteiger partial charge in [0.2, 0.25) is 0 Å². The minimum absolute atomic E-state index is 0.381. The van der Waals surface area contributed by atoms with E-state index in [0.29, 0.717) is 5.69 Å². The predicted molar refractivity (Wildman–Crippen MR) is 46.8 cm³/mol. The lowest BCUT2D eigenvalue weighted by Crippen LogP contribution is -2.26. The fraction of sp³-hybridized carbons (Fsp3) is 0. The molecule has 1 N–H and O–H groups in total. The van der Waals surface area contributed by atoms with E-state index in [2.05, 4.69) is 5.32 Å². The highest BCUT2D eigenvalue weighted by atomic mass is 16.2. The van der Waals surface area contributed by atoms with Gasteiger partial charge in [0.05, 0.1) is 0 Å². The Kier molecular flexibility index (Phi) is 1.73. The monoisotopic (exact) mass is 175 g/mol. The molecule has 0 saturated carbocycles. The Hall–Kier alpha value is -1.84. The summed E-state index contributed by atoms with van der Waals surface area (Å²) >= 11 is 0. The molecule has 4 heteroatoms. The molecule has 0 bridgehead atoms. The van der Waals surface area contributed by atoms with E-state index in [9.17, 15) is 9.59 Å². The van der Waals surface area contributed by atoms with Crippen molar-refractivity contribution in [1.29, 1.82) is 0 Å². The highest BCUT2D eigenvalue weighted by Crippen LogP contribution is 2.17. The Labute approximate surface area is 75.2 Å². The number of para-hydroxylation sites is 1. The van der Waals surface area contributed by atoms with Crippen LogP contribution in [0.25, 0.3) is 0 Å². The topological polar surface area (TPSA) is 49.4 Å². The maximum Gasteiger partial charge on any atom is 0.329 e. The largest absolute Gasteiger partial charge is 0.329 e. The van der Waals surface area contributed by atoms with E-state index >= 15 is 0 Å². The Bertz CT molecular complexity index is 348. The standard InChI is InChI=1S/C9H7N2O2/c12-8-6-11(9(13)10-8)7-4-2-1-3-5-7/h1-6H,(H,10,12,13). The lowest BCUT2D eigenvalue weighted by atomic mass is 10.3. The second-order valence-corrected chi connectivity index (χ2v) is 2.63. The van der Waals surface area contributed by atoms with Gasteiger partial charge in [-0.15, -0.1) is 0 Å². The maximum atomic E-state index is 11.1. The van der Waals surface area contributed by atoms with Crippen molar-refractivity contribution < 1.29 is 9.59 Å². The lowest BCUT2D eigenvalue weighted by Gasteiger charge is -2.11. The molecule has 1 heterocycles. The Balaban J connectivity index is 2.28. The molecule has 0 aromatic heterocycles. The van der Waals surface area contributed by atoms with E-state index in [-0.39, 0.29) is 5.91 Å². The summed E-state index contributed by atoms with van der Waals surface area (Å²) in [6.45, 7) is 1.23. The van der Waals surface area contributed by atoms with E-state index in [0.717, 1.165) is 0 Å². The van der Waals surface area contributed by atoms with Crippen LogP contribution in [0.15, 0.2) is 30.3 Å². The molecule has 1 saturated heterocycles. The van der Waals surface area contributed by atoms with E-state index < -0.39 is 6.03 Å². The van der Waals surface area contributed by atoms with Crippen LogP contribution in [0.2, 0.25) is 0 Å². The van der Waals surface area contributed by atoms with Crippen molar-refractivity contribution in [3.63, 3.8) is 0 Å². The fourth-order valence-corrected chi connectivity index (χ4v) is 1.15. The zero-order valence-corrected chi connectivity index (χ0v) is 6.73. The number of nitrogens with one attached hydrogen (secondary N) is 1. The van der Waals surface area contributed by atoms with E-state index in [1.807, 2.05) is 6.07 Å². The quantitative estimate of drug-likeness (QED) is 0.645. The van der Waals surface area contributed by atoms with E-state index in [1.54, 1.807) is 24.3 Å². The Morgan fingerprint density at radius 3 is 2.31 bits per heavy atom. The van der Waals surface area contributed by atoms with Gasteiger partial charge in [-0.1, -0.05) is 18.2 Å². The summed E-state index contributed by atoms with van der Waals surface area (Å²) in [6.07, 6.45) is 0. The number of carbonyl (C=O) groups excluding carboxylic acids is 2. The molecule has 1 aliphatic heterocycles. The molecule has 3 amide bonds.